The number of hydrogen-bond acceptors (Lipinski definition) is 3. The van der Waals surface area contributed by atoms with Crippen molar-refractivity contribution in [3.63, 3.8) is 0 Å². The second-order valence-electron chi connectivity index (χ2n) is 2.09. The molecule has 0 amide bonds. The molecule has 1 heterocycles. The molecule has 0 saturated heterocycles. The van der Waals surface area contributed by atoms with E-state index in [-0.39, 0.29) is 6.07 Å². The molecule has 0 atom stereocenters. The maximum atomic E-state index is 5.36. The molecule has 0 fully saturated rings. The van der Waals surface area contributed by atoms with Gasteiger partial charge >= 0.3 is 8.60 Å². The molecule has 0 bridgehead atoms. The summed E-state index contributed by atoms with van der Waals surface area (Å²) in [6.07, 6.45) is 0. The molecule has 0 spiro atoms. The molecule has 1 aliphatic rings. The molecule has 1 aromatic carbocycles. The highest BCUT2D eigenvalue weighted by Gasteiger charge is 2.26. The third kappa shape index (κ3) is 1.48. The van der Waals surface area contributed by atoms with Gasteiger partial charge in [-0.15, -0.1) is 0 Å². The van der Waals surface area contributed by atoms with Gasteiger partial charge in [-0.25, -0.2) is 0 Å². The Balaban J connectivity index is 2.11. The predicted molar refractivity (Wildman–Crippen MR) is 46.4 cm³/mol. The Morgan fingerprint density at radius 3 is 2.33 bits per heavy atom. The van der Waals surface area contributed by atoms with E-state index in [1.807, 2.05) is 24.3 Å². The molecule has 0 aromatic heterocycles. The Hall–Kier alpha value is -0.500. The Kier molecular flexibility index (Phi) is 2.35. The summed E-state index contributed by atoms with van der Waals surface area (Å²) in [7, 11) is -1.30. The van der Waals surface area contributed by atoms with E-state index >= 15 is 0 Å². The van der Waals surface area contributed by atoms with E-state index in [2.05, 4.69) is 0 Å². The average molecular weight is 205 g/mol. The fraction of sp³-hybridized carbons (Fsp3) is 0.143. The Labute approximate surface area is 76.2 Å². The normalized spacial score (nSPS) is 15.1. The molecule has 5 heteroatoms. The highest BCUT2D eigenvalue weighted by Crippen LogP contribution is 2.52. The van der Waals surface area contributed by atoms with Crippen LogP contribution < -0.4 is 9.05 Å². The third-order valence-corrected chi connectivity index (χ3v) is 2.64. The molecule has 0 radical (unpaired) electrons. The van der Waals surface area contributed by atoms with Crippen molar-refractivity contribution in [3.05, 3.63) is 24.3 Å². The molecular formula is C7H6ClO3P. The molecule has 3 nitrogen and oxygen atoms in total. The van der Waals surface area contributed by atoms with Crippen LogP contribution in [0.4, 0.5) is 0 Å². The second kappa shape index (κ2) is 3.48. The number of benzene rings is 1. The minimum atomic E-state index is -1.30. The fourth-order valence-electron chi connectivity index (χ4n) is 0.873. The monoisotopic (exact) mass is 204 g/mol. The lowest BCUT2D eigenvalue weighted by Gasteiger charge is -2.03. The van der Waals surface area contributed by atoms with E-state index in [0.717, 1.165) is 0 Å². The minimum absolute atomic E-state index is 0.0830. The molecule has 12 heavy (non-hydrogen) atoms. The lowest BCUT2D eigenvalue weighted by Crippen LogP contribution is -1.88. The summed E-state index contributed by atoms with van der Waals surface area (Å²) < 4.78 is 15.5. The van der Waals surface area contributed by atoms with Gasteiger partial charge in [-0.05, 0) is 12.1 Å². The molecule has 0 unspecified atom stereocenters. The minimum Gasteiger partial charge on any atom is -0.414 e. The lowest BCUT2D eigenvalue weighted by atomic mass is 10.3. The molecule has 0 aliphatic carbocycles. The highest BCUT2D eigenvalue weighted by molar-refractivity contribution is 7.43. The first-order valence-corrected chi connectivity index (χ1v) is 4.97. The van der Waals surface area contributed by atoms with Crippen molar-refractivity contribution in [2.75, 3.05) is 6.07 Å². The van der Waals surface area contributed by atoms with Gasteiger partial charge in [0.15, 0.2) is 11.5 Å². The number of fused-ring (bicyclic) bond motifs is 1. The van der Waals surface area contributed by atoms with Gasteiger partial charge in [-0.2, -0.15) is 0 Å². The van der Waals surface area contributed by atoms with Crippen molar-refractivity contribution in [1.82, 2.24) is 0 Å². The summed E-state index contributed by atoms with van der Waals surface area (Å²) in [5.74, 6) is 1.43. The van der Waals surface area contributed by atoms with E-state index < -0.39 is 8.60 Å². The molecule has 64 valence electrons. The van der Waals surface area contributed by atoms with Gasteiger partial charge in [-0.1, -0.05) is 23.7 Å². The first kappa shape index (κ1) is 8.11. The summed E-state index contributed by atoms with van der Waals surface area (Å²) in [6.45, 7) is 0. The largest absolute Gasteiger partial charge is 0.464 e. The van der Waals surface area contributed by atoms with Crippen LogP contribution in [-0.2, 0) is 4.52 Å². The van der Waals surface area contributed by atoms with Crippen molar-refractivity contribution in [2.45, 2.75) is 0 Å². The maximum Gasteiger partial charge on any atom is 0.464 e. The number of rotatable bonds is 2. The van der Waals surface area contributed by atoms with Gasteiger partial charge in [0.1, 0.15) is 6.07 Å². The van der Waals surface area contributed by atoms with Crippen LogP contribution in [0.15, 0.2) is 24.3 Å². The Morgan fingerprint density at radius 1 is 1.25 bits per heavy atom. The van der Waals surface area contributed by atoms with Crippen molar-refractivity contribution in [1.29, 1.82) is 0 Å². The molecule has 1 aliphatic heterocycles. The lowest BCUT2D eigenvalue weighted by molar-refractivity contribution is 0.334. The summed E-state index contributed by atoms with van der Waals surface area (Å²) >= 11 is 5.36. The predicted octanol–water partition coefficient (Wildman–Crippen LogP) is 2.90. The van der Waals surface area contributed by atoms with Gasteiger partial charge in [-0.3, -0.25) is 4.52 Å². The van der Waals surface area contributed by atoms with Gasteiger partial charge < -0.3 is 9.05 Å². The first-order valence-electron chi connectivity index (χ1n) is 3.34. The van der Waals surface area contributed by atoms with Gasteiger partial charge in [0, 0.05) is 0 Å². The van der Waals surface area contributed by atoms with Crippen LogP contribution in [0, 0.1) is 0 Å². The molecule has 0 N–H and O–H groups in total. The zero-order valence-corrected chi connectivity index (χ0v) is 7.72. The fourth-order valence-corrected chi connectivity index (χ4v) is 1.96. The number of alkyl halides is 1. The van der Waals surface area contributed by atoms with Gasteiger partial charge in [0.25, 0.3) is 0 Å². The Bertz CT molecular complexity index is 256. The molecule has 2 rings (SSSR count). The van der Waals surface area contributed by atoms with Crippen LogP contribution in [-0.4, -0.2) is 6.07 Å². The van der Waals surface area contributed by atoms with Crippen molar-refractivity contribution in [3.8, 4) is 11.5 Å². The van der Waals surface area contributed by atoms with E-state index in [4.69, 9.17) is 25.2 Å². The van der Waals surface area contributed by atoms with Crippen LogP contribution in [0.5, 0.6) is 11.5 Å². The summed E-state index contributed by atoms with van der Waals surface area (Å²) in [5.41, 5.74) is 0. The smallest absolute Gasteiger partial charge is 0.414 e. The van der Waals surface area contributed by atoms with E-state index in [0.29, 0.717) is 11.5 Å². The summed E-state index contributed by atoms with van der Waals surface area (Å²) in [6, 6.07) is 7.49. The molecule has 0 saturated carbocycles. The number of hydrogen-bond donors (Lipinski definition) is 0. The van der Waals surface area contributed by atoms with E-state index in [1.54, 1.807) is 0 Å². The van der Waals surface area contributed by atoms with Crippen LogP contribution in [0.2, 0.25) is 0 Å². The quantitative estimate of drug-likeness (QED) is 0.548. The summed E-state index contributed by atoms with van der Waals surface area (Å²) in [4.78, 5) is 0. The first-order chi connectivity index (χ1) is 5.90. The third-order valence-electron chi connectivity index (χ3n) is 1.35. The highest BCUT2D eigenvalue weighted by atomic mass is 35.5. The summed E-state index contributed by atoms with van der Waals surface area (Å²) in [5, 5.41) is 0. The average Bonchev–Trinajstić information content (AvgIpc) is 2.47. The van der Waals surface area contributed by atoms with Crippen molar-refractivity contribution >= 4 is 20.2 Å². The van der Waals surface area contributed by atoms with Gasteiger partial charge in [0.2, 0.25) is 0 Å². The van der Waals surface area contributed by atoms with E-state index in [9.17, 15) is 0 Å². The van der Waals surface area contributed by atoms with Crippen LogP contribution in [0.3, 0.4) is 0 Å². The topological polar surface area (TPSA) is 27.7 Å². The standard InChI is InChI=1S/C7H6ClO3P/c8-5-9-12-10-6-3-1-2-4-7(6)11-12/h1-4H,5H2. The SMILES string of the molecule is ClCOP1Oc2ccccc2O1. The number of para-hydroxylation sites is 2. The van der Waals surface area contributed by atoms with Crippen LogP contribution in [0.1, 0.15) is 0 Å². The number of halogens is 1. The Morgan fingerprint density at radius 2 is 1.83 bits per heavy atom. The second-order valence-corrected chi connectivity index (χ2v) is 3.38. The van der Waals surface area contributed by atoms with Crippen molar-refractivity contribution in [2.24, 2.45) is 0 Å². The molecule has 1 aromatic rings. The van der Waals surface area contributed by atoms with E-state index in [1.165, 1.54) is 0 Å². The molecular weight excluding hydrogens is 199 g/mol. The zero-order valence-electron chi connectivity index (χ0n) is 6.07. The van der Waals surface area contributed by atoms with Crippen molar-refractivity contribution < 1.29 is 13.6 Å². The maximum absolute atomic E-state index is 5.36. The van der Waals surface area contributed by atoms with Crippen LogP contribution in [0.25, 0.3) is 0 Å². The van der Waals surface area contributed by atoms with Crippen LogP contribution >= 0.6 is 20.2 Å². The van der Waals surface area contributed by atoms with Gasteiger partial charge in [0.05, 0.1) is 0 Å². The zero-order chi connectivity index (χ0) is 8.39.